The Morgan fingerprint density at radius 1 is 1.28 bits per heavy atom. The molecule has 140 valence electrons. The number of carbonyl (C=O) groups excluding carboxylic acids is 1. The van der Waals surface area contributed by atoms with E-state index in [9.17, 15) is 18.0 Å². The maximum absolute atomic E-state index is 12.8. The molecule has 2 rings (SSSR count). The number of likely N-dealkylation sites (N-methyl/N-ethyl adjacent to an activating group) is 1. The zero-order valence-electron chi connectivity index (χ0n) is 14.9. The zero-order valence-corrected chi connectivity index (χ0v) is 14.9. The SMILES string of the molecule is CCN(C(=O)NC1CCCCC1)[C@@H](C)Cc1cccc(C(F)(F)F)c1. The van der Waals surface area contributed by atoms with Crippen molar-refractivity contribution in [3.8, 4) is 0 Å². The van der Waals surface area contributed by atoms with Gasteiger partial charge >= 0.3 is 12.2 Å². The minimum absolute atomic E-state index is 0.117. The molecular formula is C19H27F3N2O. The molecule has 1 aromatic rings. The number of halogens is 3. The fourth-order valence-electron chi connectivity index (χ4n) is 3.49. The van der Waals surface area contributed by atoms with Crippen molar-refractivity contribution in [1.29, 1.82) is 0 Å². The third kappa shape index (κ3) is 5.65. The molecule has 6 heteroatoms. The second kappa shape index (κ2) is 8.59. The van der Waals surface area contributed by atoms with Gasteiger partial charge in [-0.25, -0.2) is 4.79 Å². The predicted molar refractivity (Wildman–Crippen MR) is 92.4 cm³/mol. The number of carbonyl (C=O) groups is 1. The van der Waals surface area contributed by atoms with Crippen molar-refractivity contribution in [2.45, 2.75) is 70.6 Å². The summed E-state index contributed by atoms with van der Waals surface area (Å²) in [6.45, 7) is 4.30. The molecule has 1 aliphatic carbocycles. The number of urea groups is 1. The standard InChI is InChI=1S/C19H27F3N2O/c1-3-24(18(25)23-17-10-5-4-6-11-17)14(2)12-15-8-7-9-16(13-15)19(20,21)22/h7-9,13-14,17H,3-6,10-12H2,1-2H3,(H,23,25)/t14-/m0/s1. The fourth-order valence-corrected chi connectivity index (χ4v) is 3.49. The van der Waals surface area contributed by atoms with Gasteiger partial charge in [-0.05, 0) is 44.7 Å². The van der Waals surface area contributed by atoms with Crippen molar-refractivity contribution < 1.29 is 18.0 Å². The normalized spacial score (nSPS) is 17.2. The van der Waals surface area contributed by atoms with E-state index in [-0.39, 0.29) is 18.1 Å². The highest BCUT2D eigenvalue weighted by Crippen LogP contribution is 2.30. The molecule has 3 nitrogen and oxygen atoms in total. The molecule has 1 aromatic carbocycles. The molecule has 0 aliphatic heterocycles. The largest absolute Gasteiger partial charge is 0.416 e. The number of nitrogens with zero attached hydrogens (tertiary/aromatic N) is 1. The minimum Gasteiger partial charge on any atom is -0.335 e. The van der Waals surface area contributed by atoms with Crippen LogP contribution in [-0.4, -0.2) is 29.6 Å². The van der Waals surface area contributed by atoms with Gasteiger partial charge in [0.1, 0.15) is 0 Å². The molecule has 0 bridgehead atoms. The molecule has 0 saturated heterocycles. The number of rotatable bonds is 5. The van der Waals surface area contributed by atoms with Gasteiger partial charge in [0.2, 0.25) is 0 Å². The third-order valence-corrected chi connectivity index (χ3v) is 4.85. The maximum atomic E-state index is 12.8. The smallest absolute Gasteiger partial charge is 0.335 e. The van der Waals surface area contributed by atoms with E-state index in [1.165, 1.54) is 18.6 Å². The second-order valence-corrected chi connectivity index (χ2v) is 6.82. The lowest BCUT2D eigenvalue weighted by atomic mass is 9.95. The van der Waals surface area contributed by atoms with Gasteiger partial charge in [0.15, 0.2) is 0 Å². The van der Waals surface area contributed by atoms with Crippen molar-refractivity contribution in [3.63, 3.8) is 0 Å². The highest BCUT2D eigenvalue weighted by molar-refractivity contribution is 5.74. The van der Waals surface area contributed by atoms with Crippen LogP contribution < -0.4 is 5.32 Å². The molecule has 0 radical (unpaired) electrons. The van der Waals surface area contributed by atoms with Crippen LogP contribution in [0.5, 0.6) is 0 Å². The summed E-state index contributed by atoms with van der Waals surface area (Å²) < 4.78 is 38.5. The molecule has 0 spiro atoms. The highest BCUT2D eigenvalue weighted by atomic mass is 19.4. The van der Waals surface area contributed by atoms with Crippen molar-refractivity contribution in [2.24, 2.45) is 0 Å². The number of amides is 2. The molecule has 1 N–H and O–H groups in total. The first-order valence-corrected chi connectivity index (χ1v) is 9.04. The molecular weight excluding hydrogens is 329 g/mol. The number of hydrogen-bond donors (Lipinski definition) is 1. The molecule has 2 amide bonds. The van der Waals surface area contributed by atoms with Crippen LogP contribution in [0.4, 0.5) is 18.0 Å². The van der Waals surface area contributed by atoms with E-state index < -0.39 is 11.7 Å². The average molecular weight is 356 g/mol. The van der Waals surface area contributed by atoms with Gasteiger partial charge in [-0.3, -0.25) is 0 Å². The Labute approximate surface area is 147 Å². The van der Waals surface area contributed by atoms with Gasteiger partial charge in [0.05, 0.1) is 5.56 Å². The zero-order chi connectivity index (χ0) is 18.4. The third-order valence-electron chi connectivity index (χ3n) is 4.85. The molecule has 1 aliphatic rings. The van der Waals surface area contributed by atoms with Crippen LogP contribution in [0, 0.1) is 0 Å². The van der Waals surface area contributed by atoms with Gasteiger partial charge in [0, 0.05) is 18.6 Å². The van der Waals surface area contributed by atoms with E-state index in [0.29, 0.717) is 18.5 Å². The molecule has 0 unspecified atom stereocenters. The van der Waals surface area contributed by atoms with E-state index >= 15 is 0 Å². The van der Waals surface area contributed by atoms with Crippen LogP contribution in [-0.2, 0) is 12.6 Å². The van der Waals surface area contributed by atoms with Crippen molar-refractivity contribution >= 4 is 6.03 Å². The Hall–Kier alpha value is -1.72. The lowest BCUT2D eigenvalue weighted by Crippen LogP contribution is -2.49. The van der Waals surface area contributed by atoms with Crippen LogP contribution in [0.1, 0.15) is 57.1 Å². The summed E-state index contributed by atoms with van der Waals surface area (Å²) in [6, 6.07) is 5.27. The van der Waals surface area contributed by atoms with Gasteiger partial charge in [-0.15, -0.1) is 0 Å². The summed E-state index contributed by atoms with van der Waals surface area (Å²) in [6.07, 6.45) is 1.55. The number of nitrogens with one attached hydrogen (secondary N) is 1. The second-order valence-electron chi connectivity index (χ2n) is 6.82. The first kappa shape index (κ1) is 19.6. The number of alkyl halides is 3. The summed E-state index contributed by atoms with van der Waals surface area (Å²) in [5.74, 6) is 0. The van der Waals surface area contributed by atoms with Gasteiger partial charge in [0.25, 0.3) is 0 Å². The Kier molecular flexibility index (Phi) is 6.73. The lowest BCUT2D eigenvalue weighted by molar-refractivity contribution is -0.137. The topological polar surface area (TPSA) is 32.3 Å². The quantitative estimate of drug-likeness (QED) is 0.791. The van der Waals surface area contributed by atoms with Crippen molar-refractivity contribution in [2.75, 3.05) is 6.54 Å². The number of benzene rings is 1. The molecule has 1 saturated carbocycles. The highest BCUT2D eigenvalue weighted by Gasteiger charge is 2.30. The Balaban J connectivity index is 1.99. The Morgan fingerprint density at radius 3 is 2.56 bits per heavy atom. The van der Waals surface area contributed by atoms with E-state index in [4.69, 9.17) is 0 Å². The summed E-state index contributed by atoms with van der Waals surface area (Å²) in [5, 5.41) is 3.08. The van der Waals surface area contributed by atoms with E-state index in [1.807, 2.05) is 13.8 Å². The van der Waals surface area contributed by atoms with E-state index in [0.717, 1.165) is 31.7 Å². The summed E-state index contributed by atoms with van der Waals surface area (Å²) >= 11 is 0. The van der Waals surface area contributed by atoms with Crippen LogP contribution in [0.3, 0.4) is 0 Å². The Morgan fingerprint density at radius 2 is 1.96 bits per heavy atom. The predicted octanol–water partition coefficient (Wildman–Crippen LogP) is 5.00. The van der Waals surface area contributed by atoms with Crippen molar-refractivity contribution in [3.05, 3.63) is 35.4 Å². The van der Waals surface area contributed by atoms with E-state index in [1.54, 1.807) is 11.0 Å². The fraction of sp³-hybridized carbons (Fsp3) is 0.632. The molecule has 1 fully saturated rings. The molecule has 0 heterocycles. The van der Waals surface area contributed by atoms with Crippen LogP contribution in [0.2, 0.25) is 0 Å². The molecule has 1 atom stereocenters. The maximum Gasteiger partial charge on any atom is 0.416 e. The van der Waals surface area contributed by atoms with Gasteiger partial charge < -0.3 is 10.2 Å². The Bertz CT molecular complexity index is 568. The monoisotopic (exact) mass is 356 g/mol. The van der Waals surface area contributed by atoms with Crippen LogP contribution in [0.25, 0.3) is 0 Å². The van der Waals surface area contributed by atoms with Crippen LogP contribution in [0.15, 0.2) is 24.3 Å². The molecule has 0 aromatic heterocycles. The lowest BCUT2D eigenvalue weighted by Gasteiger charge is -2.31. The minimum atomic E-state index is -4.35. The van der Waals surface area contributed by atoms with Crippen molar-refractivity contribution in [1.82, 2.24) is 10.2 Å². The summed E-state index contributed by atoms with van der Waals surface area (Å²) in [7, 11) is 0. The summed E-state index contributed by atoms with van der Waals surface area (Å²) in [4.78, 5) is 14.2. The summed E-state index contributed by atoms with van der Waals surface area (Å²) in [5.41, 5.74) is -0.0573. The van der Waals surface area contributed by atoms with Crippen LogP contribution >= 0.6 is 0 Å². The van der Waals surface area contributed by atoms with E-state index in [2.05, 4.69) is 5.32 Å². The molecule has 25 heavy (non-hydrogen) atoms. The average Bonchev–Trinajstić information content (AvgIpc) is 2.56. The van der Waals surface area contributed by atoms with Gasteiger partial charge in [-0.1, -0.05) is 37.5 Å². The first-order chi connectivity index (χ1) is 11.8. The van der Waals surface area contributed by atoms with Gasteiger partial charge in [-0.2, -0.15) is 13.2 Å². The first-order valence-electron chi connectivity index (χ1n) is 9.04. The number of hydrogen-bond acceptors (Lipinski definition) is 1.